The molecule has 152 valence electrons. The summed E-state index contributed by atoms with van der Waals surface area (Å²) in [7, 11) is 1.46. The van der Waals surface area contributed by atoms with Crippen LogP contribution in [0.2, 0.25) is 0 Å². The van der Waals surface area contributed by atoms with E-state index in [-0.39, 0.29) is 35.5 Å². The molecule has 0 radical (unpaired) electrons. The predicted octanol–water partition coefficient (Wildman–Crippen LogP) is 3.79. The summed E-state index contributed by atoms with van der Waals surface area (Å²) in [6.07, 6.45) is 1.05. The van der Waals surface area contributed by atoms with Crippen LogP contribution in [0.3, 0.4) is 0 Å². The van der Waals surface area contributed by atoms with Crippen molar-refractivity contribution in [3.63, 3.8) is 0 Å². The molecule has 0 bridgehead atoms. The van der Waals surface area contributed by atoms with Gasteiger partial charge in [-0.3, -0.25) is 0 Å². The summed E-state index contributed by atoms with van der Waals surface area (Å²) in [6.45, 7) is 5.18. The molecule has 2 N–H and O–H groups in total. The maximum Gasteiger partial charge on any atom is 0.191 e. The van der Waals surface area contributed by atoms with E-state index in [1.54, 1.807) is 6.07 Å². The van der Waals surface area contributed by atoms with E-state index in [0.29, 0.717) is 12.6 Å². The summed E-state index contributed by atoms with van der Waals surface area (Å²) in [5, 5.41) is 6.78. The number of benzene rings is 2. The number of nitrogens with zero attached hydrogens (tertiary/aromatic N) is 2. The van der Waals surface area contributed by atoms with Gasteiger partial charge < -0.3 is 20.3 Å². The monoisotopic (exact) mass is 498 g/mol. The number of para-hydroxylation sites is 1. The van der Waals surface area contributed by atoms with Crippen LogP contribution >= 0.6 is 24.0 Å². The van der Waals surface area contributed by atoms with Crippen molar-refractivity contribution in [3.05, 3.63) is 59.9 Å². The zero-order chi connectivity index (χ0) is 19.1. The largest absolute Gasteiger partial charge is 0.494 e. The number of hydrogen-bond acceptors (Lipinski definition) is 3. The molecule has 1 aliphatic heterocycles. The Morgan fingerprint density at radius 1 is 1.25 bits per heavy atom. The molecule has 3 rings (SSSR count). The minimum absolute atomic E-state index is 0. The van der Waals surface area contributed by atoms with Gasteiger partial charge in [0.05, 0.1) is 13.7 Å². The summed E-state index contributed by atoms with van der Waals surface area (Å²) >= 11 is 0. The van der Waals surface area contributed by atoms with Crippen molar-refractivity contribution >= 4 is 35.6 Å². The molecule has 1 atom stereocenters. The summed E-state index contributed by atoms with van der Waals surface area (Å²) in [5.41, 5.74) is 2.06. The van der Waals surface area contributed by atoms with E-state index < -0.39 is 0 Å². The number of halogens is 2. The van der Waals surface area contributed by atoms with Gasteiger partial charge in [-0.25, -0.2) is 9.38 Å². The second kappa shape index (κ2) is 11.1. The number of aliphatic imine (C=N–C) groups is 1. The van der Waals surface area contributed by atoms with Crippen LogP contribution in [-0.2, 0) is 6.54 Å². The van der Waals surface area contributed by atoms with Gasteiger partial charge in [-0.05, 0) is 43.2 Å². The van der Waals surface area contributed by atoms with Crippen LogP contribution < -0.4 is 20.3 Å². The number of rotatable bonds is 6. The van der Waals surface area contributed by atoms with Crippen molar-refractivity contribution in [1.82, 2.24) is 10.6 Å². The first-order chi connectivity index (χ1) is 13.2. The molecule has 1 unspecified atom stereocenters. The second-order valence-electron chi connectivity index (χ2n) is 6.58. The average Bonchev–Trinajstić information content (AvgIpc) is 3.16. The van der Waals surface area contributed by atoms with Crippen molar-refractivity contribution in [3.8, 4) is 5.75 Å². The average molecular weight is 498 g/mol. The highest BCUT2D eigenvalue weighted by atomic mass is 127. The molecule has 0 aliphatic carbocycles. The number of ether oxygens (including phenoxy) is 1. The zero-order valence-electron chi connectivity index (χ0n) is 16.3. The number of nitrogens with one attached hydrogen (secondary N) is 2. The third kappa shape index (κ3) is 5.98. The fraction of sp³-hybridized carbons (Fsp3) is 0.381. The Bertz CT molecular complexity index is 772. The molecule has 7 heteroatoms. The summed E-state index contributed by atoms with van der Waals surface area (Å²) < 4.78 is 18.8. The van der Waals surface area contributed by atoms with E-state index in [1.807, 2.05) is 19.1 Å². The van der Waals surface area contributed by atoms with Gasteiger partial charge in [-0.15, -0.1) is 24.0 Å². The van der Waals surface area contributed by atoms with Crippen LogP contribution in [0, 0.1) is 5.82 Å². The van der Waals surface area contributed by atoms with Gasteiger partial charge in [0.2, 0.25) is 0 Å². The summed E-state index contributed by atoms with van der Waals surface area (Å²) in [5.74, 6) is 0.644. The van der Waals surface area contributed by atoms with E-state index in [0.717, 1.165) is 37.6 Å². The lowest BCUT2D eigenvalue weighted by molar-refractivity contribution is 0.386. The maximum absolute atomic E-state index is 13.8. The first-order valence-electron chi connectivity index (χ1n) is 9.37. The van der Waals surface area contributed by atoms with Gasteiger partial charge in [0.1, 0.15) is 0 Å². The van der Waals surface area contributed by atoms with Crippen molar-refractivity contribution in [1.29, 1.82) is 0 Å². The molecule has 0 spiro atoms. The molecule has 1 heterocycles. The third-order valence-electron chi connectivity index (χ3n) is 4.63. The molecule has 5 nitrogen and oxygen atoms in total. The van der Waals surface area contributed by atoms with Crippen molar-refractivity contribution in [2.24, 2.45) is 4.99 Å². The first kappa shape index (κ1) is 22.3. The minimum Gasteiger partial charge on any atom is -0.494 e. The molecule has 1 aliphatic rings. The standard InChI is InChI=1S/C21H27FN4O.HI/c1-3-23-21(24-14-16-9-10-20(27-2)19(22)13-16)25-17-11-12-26(15-17)18-7-5-4-6-8-18;/h4-10,13,17H,3,11-12,14-15H2,1-2H3,(H2,23,24,25);1H. The van der Waals surface area contributed by atoms with E-state index >= 15 is 0 Å². The van der Waals surface area contributed by atoms with Gasteiger partial charge in [0.15, 0.2) is 17.5 Å². The summed E-state index contributed by atoms with van der Waals surface area (Å²) in [4.78, 5) is 6.99. The molecule has 0 amide bonds. The van der Waals surface area contributed by atoms with Gasteiger partial charge in [0.25, 0.3) is 0 Å². The molecular weight excluding hydrogens is 470 g/mol. The van der Waals surface area contributed by atoms with Crippen LogP contribution in [0.4, 0.5) is 10.1 Å². The Kier molecular flexibility index (Phi) is 8.82. The smallest absolute Gasteiger partial charge is 0.191 e. The van der Waals surface area contributed by atoms with Crippen LogP contribution in [0.5, 0.6) is 5.75 Å². The third-order valence-corrected chi connectivity index (χ3v) is 4.63. The highest BCUT2D eigenvalue weighted by molar-refractivity contribution is 14.0. The lowest BCUT2D eigenvalue weighted by atomic mass is 10.2. The molecule has 0 saturated carbocycles. The molecule has 1 fully saturated rings. The Morgan fingerprint density at radius 3 is 2.71 bits per heavy atom. The summed E-state index contributed by atoms with van der Waals surface area (Å²) in [6, 6.07) is 15.7. The fourth-order valence-electron chi connectivity index (χ4n) is 3.24. The van der Waals surface area contributed by atoms with Crippen LogP contribution in [0.15, 0.2) is 53.5 Å². The zero-order valence-corrected chi connectivity index (χ0v) is 18.7. The predicted molar refractivity (Wildman–Crippen MR) is 123 cm³/mol. The molecule has 2 aromatic rings. The van der Waals surface area contributed by atoms with Gasteiger partial charge in [-0.1, -0.05) is 24.3 Å². The normalized spacial score (nSPS) is 16.5. The van der Waals surface area contributed by atoms with Crippen LogP contribution in [0.25, 0.3) is 0 Å². The molecule has 1 saturated heterocycles. The number of guanidine groups is 1. The highest BCUT2D eigenvalue weighted by Gasteiger charge is 2.23. The van der Waals surface area contributed by atoms with E-state index in [9.17, 15) is 4.39 Å². The molecular formula is C21H28FIN4O. The first-order valence-corrected chi connectivity index (χ1v) is 9.37. The fourth-order valence-corrected chi connectivity index (χ4v) is 3.24. The van der Waals surface area contributed by atoms with Gasteiger partial charge >= 0.3 is 0 Å². The molecule has 28 heavy (non-hydrogen) atoms. The van der Waals surface area contributed by atoms with Gasteiger partial charge in [0, 0.05) is 31.4 Å². The molecule has 0 aromatic heterocycles. The van der Waals surface area contributed by atoms with Gasteiger partial charge in [-0.2, -0.15) is 0 Å². The van der Waals surface area contributed by atoms with E-state index in [1.165, 1.54) is 18.9 Å². The van der Waals surface area contributed by atoms with Crippen LogP contribution in [-0.4, -0.2) is 38.7 Å². The Morgan fingerprint density at radius 2 is 2.04 bits per heavy atom. The quantitative estimate of drug-likeness (QED) is 0.362. The molecule has 2 aromatic carbocycles. The highest BCUT2D eigenvalue weighted by Crippen LogP contribution is 2.20. The second-order valence-corrected chi connectivity index (χ2v) is 6.58. The SMILES string of the molecule is CCNC(=NCc1ccc(OC)c(F)c1)NC1CCN(c2ccccc2)C1.I. The van der Waals surface area contributed by atoms with Crippen LogP contribution in [0.1, 0.15) is 18.9 Å². The minimum atomic E-state index is -0.363. The Balaban J connectivity index is 0.00000280. The topological polar surface area (TPSA) is 48.9 Å². The van der Waals surface area contributed by atoms with Crippen molar-refractivity contribution < 1.29 is 9.13 Å². The number of anilines is 1. The van der Waals surface area contributed by atoms with E-state index in [4.69, 9.17) is 4.74 Å². The maximum atomic E-state index is 13.8. The lowest BCUT2D eigenvalue weighted by Crippen LogP contribution is -2.44. The Hall–Kier alpha value is -2.03. The van der Waals surface area contributed by atoms with Crippen molar-refractivity contribution in [2.45, 2.75) is 25.9 Å². The van der Waals surface area contributed by atoms with Crippen molar-refractivity contribution in [2.75, 3.05) is 31.6 Å². The number of methoxy groups -OCH3 is 1. The Labute approximate surface area is 183 Å². The number of hydrogen-bond donors (Lipinski definition) is 2. The van der Waals surface area contributed by atoms with E-state index in [2.05, 4.69) is 44.8 Å². The lowest BCUT2D eigenvalue weighted by Gasteiger charge is -2.20.